The molecule has 0 heterocycles. The molecule has 146 valence electrons. The van der Waals surface area contributed by atoms with Crippen molar-refractivity contribution in [2.45, 2.75) is 39.0 Å². The molecule has 6 heteroatoms. The zero-order valence-electron chi connectivity index (χ0n) is 16.4. The van der Waals surface area contributed by atoms with E-state index in [0.717, 1.165) is 33.5 Å². The molecule has 0 aliphatic rings. The minimum absolute atomic E-state index is 0.175. The predicted molar refractivity (Wildman–Crippen MR) is 112 cm³/mol. The second-order valence-electron chi connectivity index (χ2n) is 6.70. The van der Waals surface area contributed by atoms with Crippen LogP contribution in [0.5, 0.6) is 0 Å². The molecule has 1 atom stereocenters. The number of hydrogen-bond donors (Lipinski definition) is 2. The molecule has 0 radical (unpaired) electrons. The number of alkyl halides is 1. The summed E-state index contributed by atoms with van der Waals surface area (Å²) in [5.41, 5.74) is 12.7. The van der Waals surface area contributed by atoms with Crippen LogP contribution in [-0.4, -0.2) is 19.6 Å². The van der Waals surface area contributed by atoms with Gasteiger partial charge in [-0.2, -0.15) is 0 Å². The fourth-order valence-electron chi connectivity index (χ4n) is 3.26. The van der Waals surface area contributed by atoms with Gasteiger partial charge in [-0.25, -0.2) is 5.84 Å². The third-order valence-corrected chi connectivity index (χ3v) is 5.17. The lowest BCUT2D eigenvalue weighted by Gasteiger charge is -2.24. The molecular weight excluding hydrogens is 362 g/mol. The maximum atomic E-state index is 12.3. The summed E-state index contributed by atoms with van der Waals surface area (Å²) in [5.74, 6) is 5.86. The van der Waals surface area contributed by atoms with Gasteiger partial charge in [-0.3, -0.25) is 4.79 Å². The van der Waals surface area contributed by atoms with E-state index in [2.05, 4.69) is 6.07 Å². The van der Waals surface area contributed by atoms with Crippen molar-refractivity contribution >= 4 is 28.9 Å². The summed E-state index contributed by atoms with van der Waals surface area (Å²) in [4.78, 5) is 12.3. The number of benzene rings is 2. The van der Waals surface area contributed by atoms with Gasteiger partial charge in [0.2, 0.25) is 0 Å². The normalized spacial score (nSPS) is 11.9. The number of nitrogen functional groups attached to an aromatic ring is 1. The average molecular weight is 390 g/mol. The molecule has 0 bridgehead atoms. The van der Waals surface area contributed by atoms with Crippen LogP contribution < -0.4 is 16.6 Å². The number of nitrogens with two attached hydrogens (primary N) is 2. The Labute approximate surface area is 166 Å². The summed E-state index contributed by atoms with van der Waals surface area (Å²) in [5, 5.41) is 1.49. The number of carbonyl (C=O) groups is 1. The molecule has 0 fully saturated rings. The lowest BCUT2D eigenvalue weighted by molar-refractivity contribution is -0.143. The number of hydrazine groups is 1. The van der Waals surface area contributed by atoms with Crippen LogP contribution in [0.15, 0.2) is 30.3 Å². The first-order valence-corrected chi connectivity index (χ1v) is 9.51. The van der Waals surface area contributed by atoms with Gasteiger partial charge in [0, 0.05) is 18.8 Å². The van der Waals surface area contributed by atoms with Crippen molar-refractivity contribution < 1.29 is 9.53 Å². The van der Waals surface area contributed by atoms with Gasteiger partial charge in [-0.1, -0.05) is 24.3 Å². The second kappa shape index (κ2) is 9.11. The van der Waals surface area contributed by atoms with Gasteiger partial charge in [0.25, 0.3) is 0 Å². The zero-order chi connectivity index (χ0) is 20.1. The van der Waals surface area contributed by atoms with Gasteiger partial charge >= 0.3 is 5.97 Å². The van der Waals surface area contributed by atoms with E-state index in [0.29, 0.717) is 18.2 Å². The fourth-order valence-corrected chi connectivity index (χ4v) is 3.55. The minimum atomic E-state index is -0.242. The number of rotatable bonds is 7. The Balaban J connectivity index is 2.57. The van der Waals surface area contributed by atoms with E-state index in [1.165, 1.54) is 5.01 Å². The maximum Gasteiger partial charge on any atom is 0.306 e. The molecular formula is C21H28ClN3O2. The number of aryl methyl sites for hydroxylation is 1. The van der Waals surface area contributed by atoms with Crippen molar-refractivity contribution in [3.63, 3.8) is 0 Å². The van der Waals surface area contributed by atoms with Gasteiger partial charge in [0.1, 0.15) is 0 Å². The van der Waals surface area contributed by atoms with Gasteiger partial charge in [0.05, 0.1) is 24.4 Å². The summed E-state index contributed by atoms with van der Waals surface area (Å²) in [6.45, 7) is 6.13. The fraction of sp³-hybridized carbons (Fsp3) is 0.381. The third-order valence-electron chi connectivity index (χ3n) is 4.88. The molecule has 0 saturated carbocycles. The van der Waals surface area contributed by atoms with Gasteiger partial charge in [0.15, 0.2) is 0 Å². The number of hydrogen-bond acceptors (Lipinski definition) is 5. The Kier molecular flexibility index (Phi) is 7.11. The first-order chi connectivity index (χ1) is 12.8. The van der Waals surface area contributed by atoms with Crippen molar-refractivity contribution in [3.05, 3.63) is 58.1 Å². The summed E-state index contributed by atoms with van der Waals surface area (Å²) in [7, 11) is 1.74. The van der Waals surface area contributed by atoms with E-state index in [1.54, 1.807) is 14.0 Å². The van der Waals surface area contributed by atoms with E-state index in [4.69, 9.17) is 27.9 Å². The number of halogens is 1. The molecule has 2 aromatic carbocycles. The molecule has 5 nitrogen and oxygen atoms in total. The highest BCUT2D eigenvalue weighted by atomic mass is 35.5. The maximum absolute atomic E-state index is 12.3. The van der Waals surface area contributed by atoms with Crippen molar-refractivity contribution in [1.29, 1.82) is 0 Å². The molecule has 0 aromatic heterocycles. The quantitative estimate of drug-likeness (QED) is 0.246. The highest BCUT2D eigenvalue weighted by molar-refractivity contribution is 6.17. The van der Waals surface area contributed by atoms with E-state index in [-0.39, 0.29) is 18.3 Å². The van der Waals surface area contributed by atoms with E-state index < -0.39 is 0 Å². The largest absolute Gasteiger partial charge is 0.466 e. The number of ether oxygens (including phenoxy) is 1. The molecule has 4 N–H and O–H groups in total. The first-order valence-electron chi connectivity index (χ1n) is 8.98. The molecule has 2 rings (SSSR count). The number of esters is 1. The Morgan fingerprint density at radius 2 is 1.96 bits per heavy atom. The number of carbonyl (C=O) groups excluding carboxylic acids is 1. The van der Waals surface area contributed by atoms with Crippen molar-refractivity contribution in [2.24, 2.45) is 5.84 Å². The highest BCUT2D eigenvalue weighted by Crippen LogP contribution is 2.37. The van der Waals surface area contributed by atoms with Gasteiger partial charge in [-0.15, -0.1) is 11.6 Å². The summed E-state index contributed by atoms with van der Waals surface area (Å²) >= 11 is 6.09. The minimum Gasteiger partial charge on any atom is -0.466 e. The molecule has 0 amide bonds. The first kappa shape index (κ1) is 21.1. The number of nitrogens with zero attached hydrogens (tertiary/aromatic N) is 1. The average Bonchev–Trinajstić information content (AvgIpc) is 2.63. The third kappa shape index (κ3) is 4.73. The van der Waals surface area contributed by atoms with Crippen LogP contribution in [0.25, 0.3) is 0 Å². The Morgan fingerprint density at radius 3 is 2.56 bits per heavy atom. The lowest BCUT2D eigenvalue weighted by atomic mass is 9.84. The van der Waals surface area contributed by atoms with Crippen LogP contribution in [-0.2, 0) is 15.4 Å². The Morgan fingerprint density at radius 1 is 1.26 bits per heavy atom. The summed E-state index contributed by atoms with van der Waals surface area (Å²) < 4.78 is 5.20. The smallest absolute Gasteiger partial charge is 0.306 e. The van der Waals surface area contributed by atoms with E-state index in [1.807, 2.05) is 38.1 Å². The molecule has 0 spiro atoms. The summed E-state index contributed by atoms with van der Waals surface area (Å²) in [6, 6.07) is 9.99. The molecule has 0 aliphatic heterocycles. The molecule has 0 saturated heterocycles. The Bertz CT molecular complexity index is 821. The monoisotopic (exact) mass is 389 g/mol. The Hall–Kier alpha value is -2.24. The van der Waals surface area contributed by atoms with Crippen LogP contribution >= 0.6 is 11.6 Å². The number of anilines is 2. The molecule has 27 heavy (non-hydrogen) atoms. The molecule has 2 aromatic rings. The summed E-state index contributed by atoms with van der Waals surface area (Å²) in [6.07, 6.45) is 0.233. The molecule has 0 aliphatic carbocycles. The van der Waals surface area contributed by atoms with Crippen LogP contribution in [0.1, 0.15) is 47.1 Å². The van der Waals surface area contributed by atoms with Crippen molar-refractivity contribution in [2.75, 3.05) is 24.4 Å². The van der Waals surface area contributed by atoms with Crippen molar-refractivity contribution in [1.82, 2.24) is 0 Å². The molecule has 1 unspecified atom stereocenters. The zero-order valence-corrected chi connectivity index (χ0v) is 17.1. The van der Waals surface area contributed by atoms with Crippen LogP contribution in [0.3, 0.4) is 0 Å². The van der Waals surface area contributed by atoms with Crippen LogP contribution in [0, 0.1) is 13.8 Å². The second-order valence-corrected chi connectivity index (χ2v) is 6.97. The predicted octanol–water partition coefficient (Wildman–Crippen LogP) is 4.02. The lowest BCUT2D eigenvalue weighted by Crippen LogP contribution is -2.26. The van der Waals surface area contributed by atoms with Crippen LogP contribution in [0.4, 0.5) is 11.4 Å². The van der Waals surface area contributed by atoms with Crippen LogP contribution in [0.2, 0.25) is 0 Å². The topological polar surface area (TPSA) is 81.6 Å². The SMILES string of the molecule is CCOC(=O)CC(c1ccc(C)c(CCl)c1)c1ccc(N(C)N)c(N)c1C. The van der Waals surface area contributed by atoms with Gasteiger partial charge in [-0.05, 0) is 54.7 Å². The standard InChI is InChI=1S/C21H28ClN3O2/c1-5-27-20(26)11-18(15-7-6-13(2)16(10-15)12-22)17-8-9-19(25(4)24)21(23)14(17)3/h6-10,18H,5,11-12,23-24H2,1-4H3. The van der Waals surface area contributed by atoms with E-state index in [9.17, 15) is 4.79 Å². The van der Waals surface area contributed by atoms with Crippen molar-refractivity contribution in [3.8, 4) is 0 Å². The van der Waals surface area contributed by atoms with E-state index >= 15 is 0 Å². The van der Waals surface area contributed by atoms with Gasteiger partial charge < -0.3 is 15.5 Å². The highest BCUT2D eigenvalue weighted by Gasteiger charge is 2.23.